The summed E-state index contributed by atoms with van der Waals surface area (Å²) < 4.78 is 5.21. The second-order valence-electron chi connectivity index (χ2n) is 4.47. The Bertz CT molecular complexity index is 503. The van der Waals surface area contributed by atoms with Crippen molar-refractivity contribution in [3.05, 3.63) is 30.3 Å². The van der Waals surface area contributed by atoms with E-state index in [9.17, 15) is 14.4 Å². The Labute approximate surface area is 129 Å². The van der Waals surface area contributed by atoms with E-state index in [1.54, 1.807) is 43.7 Å². The van der Waals surface area contributed by atoms with E-state index in [0.29, 0.717) is 12.1 Å². The van der Waals surface area contributed by atoms with Crippen molar-refractivity contribution in [2.45, 2.75) is 19.6 Å². The summed E-state index contributed by atoms with van der Waals surface area (Å²) in [5.74, 6) is 0. The van der Waals surface area contributed by atoms with E-state index in [2.05, 4.69) is 5.32 Å². The zero-order chi connectivity index (χ0) is 16.5. The molecule has 0 aliphatic rings. The number of hydrogen-bond donors (Lipinski definition) is 1. The Morgan fingerprint density at radius 2 is 1.95 bits per heavy atom. The molecule has 4 amide bonds. The topological polar surface area (TPSA) is 79.0 Å². The number of hydrogen-bond acceptors (Lipinski definition) is 4. The second kappa shape index (κ2) is 8.78. The van der Waals surface area contributed by atoms with Gasteiger partial charge in [-0.05, 0) is 18.6 Å². The highest BCUT2D eigenvalue weighted by atomic mass is 16.5. The number of nitrogens with zero attached hydrogens (tertiary/aromatic N) is 2. The minimum atomic E-state index is -0.697. The van der Waals surface area contributed by atoms with Crippen LogP contribution in [0, 0.1) is 0 Å². The first-order valence-corrected chi connectivity index (χ1v) is 6.84. The third-order valence-electron chi connectivity index (χ3n) is 3.08. The smallest absolute Gasteiger partial charge is 0.334 e. The summed E-state index contributed by atoms with van der Waals surface area (Å²) in [6.07, 6.45) is 1.68. The molecule has 0 saturated heterocycles. The van der Waals surface area contributed by atoms with Gasteiger partial charge in [-0.2, -0.15) is 0 Å². The van der Waals surface area contributed by atoms with Crippen molar-refractivity contribution in [3.63, 3.8) is 0 Å². The average molecular weight is 306 g/mol. The molecule has 1 aromatic rings. The van der Waals surface area contributed by atoms with Crippen molar-refractivity contribution in [1.82, 2.24) is 10.2 Å². The number of benzene rings is 1. The fraction of sp³-hybridized carbons (Fsp3) is 0.400. The van der Waals surface area contributed by atoms with Crippen LogP contribution in [-0.2, 0) is 9.53 Å². The summed E-state index contributed by atoms with van der Waals surface area (Å²) in [4.78, 5) is 37.4. The lowest BCUT2D eigenvalue weighted by atomic mass is 10.3. The molecule has 1 rings (SSSR count). The number of methoxy groups -OCH3 is 1. The molecule has 7 heteroatoms. The first-order chi connectivity index (χ1) is 10.6. The fourth-order valence-corrected chi connectivity index (χ4v) is 1.96. The Kier molecular flexibility index (Phi) is 7.04. The number of amides is 4. The molecule has 0 bridgehead atoms. The first-order valence-electron chi connectivity index (χ1n) is 6.84. The molecule has 1 radical (unpaired) electrons. The van der Waals surface area contributed by atoms with Gasteiger partial charge in [0.15, 0.2) is 0 Å². The normalized spacial score (nSPS) is 11.4. The number of ether oxygens (including phenoxy) is 1. The molecule has 0 spiro atoms. The van der Waals surface area contributed by atoms with Gasteiger partial charge in [-0.25, -0.2) is 14.5 Å². The third-order valence-corrected chi connectivity index (χ3v) is 3.08. The van der Waals surface area contributed by atoms with Gasteiger partial charge in [0.2, 0.25) is 6.29 Å². The number of rotatable bonds is 6. The number of carbonyl (C=O) groups excluding carboxylic acids is 3. The lowest BCUT2D eigenvalue weighted by Gasteiger charge is -2.31. The number of carbonyl (C=O) groups is 2. The van der Waals surface area contributed by atoms with Crippen molar-refractivity contribution < 1.29 is 19.1 Å². The monoisotopic (exact) mass is 306 g/mol. The molecule has 7 nitrogen and oxygen atoms in total. The Morgan fingerprint density at radius 3 is 2.45 bits per heavy atom. The van der Waals surface area contributed by atoms with Crippen LogP contribution in [0.3, 0.4) is 0 Å². The number of urea groups is 2. The first kappa shape index (κ1) is 17.6. The zero-order valence-electron chi connectivity index (χ0n) is 12.9. The largest absolute Gasteiger partial charge is 0.361 e. The van der Waals surface area contributed by atoms with Gasteiger partial charge in [0.05, 0.1) is 12.2 Å². The van der Waals surface area contributed by atoms with E-state index in [1.165, 1.54) is 12.0 Å². The van der Waals surface area contributed by atoms with E-state index in [1.807, 2.05) is 6.92 Å². The highest BCUT2D eigenvalue weighted by Crippen LogP contribution is 2.17. The van der Waals surface area contributed by atoms with Gasteiger partial charge < -0.3 is 15.0 Å². The summed E-state index contributed by atoms with van der Waals surface area (Å²) in [7, 11) is 3.04. The summed E-state index contributed by atoms with van der Waals surface area (Å²) in [5, 5.41) is 2.32. The molecule has 0 aliphatic heterocycles. The zero-order valence-corrected chi connectivity index (χ0v) is 12.9. The number of anilines is 1. The molecule has 1 unspecified atom stereocenters. The van der Waals surface area contributed by atoms with E-state index in [0.717, 1.165) is 4.90 Å². The van der Waals surface area contributed by atoms with Gasteiger partial charge in [-0.15, -0.1) is 0 Å². The molecular formula is C15H20N3O4. The van der Waals surface area contributed by atoms with Crippen LogP contribution in [0.5, 0.6) is 0 Å². The van der Waals surface area contributed by atoms with Crippen LogP contribution in [0.4, 0.5) is 15.3 Å². The Hall–Kier alpha value is -2.41. The minimum absolute atomic E-state index is 0.291. The SMILES string of the molecule is CCC(OC)N(C)C(=O)N(C(=O)NC[C]=O)c1ccccc1. The van der Waals surface area contributed by atoms with Crippen LogP contribution in [0.2, 0.25) is 0 Å². The van der Waals surface area contributed by atoms with E-state index >= 15 is 0 Å². The molecule has 0 heterocycles. The van der Waals surface area contributed by atoms with Gasteiger partial charge >= 0.3 is 12.1 Å². The van der Waals surface area contributed by atoms with Crippen LogP contribution in [0.25, 0.3) is 0 Å². The minimum Gasteiger partial charge on any atom is -0.361 e. The van der Waals surface area contributed by atoms with Crippen LogP contribution < -0.4 is 10.2 Å². The van der Waals surface area contributed by atoms with E-state index in [4.69, 9.17) is 4.74 Å². The molecule has 1 aromatic carbocycles. The van der Waals surface area contributed by atoms with Gasteiger partial charge in [-0.1, -0.05) is 25.1 Å². The molecule has 1 N–H and O–H groups in total. The molecular weight excluding hydrogens is 286 g/mol. The number of imide groups is 1. The maximum atomic E-state index is 12.6. The van der Waals surface area contributed by atoms with Crippen molar-refractivity contribution in [3.8, 4) is 0 Å². The predicted octanol–water partition coefficient (Wildman–Crippen LogP) is 1.75. The summed E-state index contributed by atoms with van der Waals surface area (Å²) in [5.41, 5.74) is 0.397. The third kappa shape index (κ3) is 4.29. The molecule has 1 atom stereocenters. The fourth-order valence-electron chi connectivity index (χ4n) is 1.96. The van der Waals surface area contributed by atoms with Crippen molar-refractivity contribution >= 4 is 24.0 Å². The quantitative estimate of drug-likeness (QED) is 0.812. The molecule has 22 heavy (non-hydrogen) atoms. The van der Waals surface area contributed by atoms with Crippen molar-refractivity contribution in [2.24, 2.45) is 0 Å². The highest BCUT2D eigenvalue weighted by molar-refractivity contribution is 6.13. The summed E-state index contributed by atoms with van der Waals surface area (Å²) >= 11 is 0. The van der Waals surface area contributed by atoms with Gasteiger partial charge in [0, 0.05) is 14.2 Å². The molecule has 0 fully saturated rings. The Balaban J connectivity index is 3.06. The maximum Gasteiger partial charge on any atom is 0.334 e. The molecule has 0 aromatic heterocycles. The Morgan fingerprint density at radius 1 is 1.32 bits per heavy atom. The van der Waals surface area contributed by atoms with Crippen molar-refractivity contribution in [1.29, 1.82) is 0 Å². The van der Waals surface area contributed by atoms with Gasteiger partial charge in [-0.3, -0.25) is 4.79 Å². The van der Waals surface area contributed by atoms with E-state index < -0.39 is 18.3 Å². The summed E-state index contributed by atoms with van der Waals surface area (Å²) in [6.45, 7) is 1.58. The molecule has 0 aliphatic carbocycles. The molecule has 0 saturated carbocycles. The van der Waals surface area contributed by atoms with Crippen LogP contribution in [-0.4, -0.2) is 50.2 Å². The van der Waals surface area contributed by atoms with Gasteiger partial charge in [0.25, 0.3) is 0 Å². The second-order valence-corrected chi connectivity index (χ2v) is 4.47. The lowest BCUT2D eigenvalue weighted by Crippen LogP contribution is -2.52. The standard InChI is InChI=1S/C15H20N3O4/c1-4-13(22-3)17(2)15(21)18(14(20)16-10-11-19)12-8-6-5-7-9-12/h5-9,13H,4,10H2,1-3H3,(H,16,20). The van der Waals surface area contributed by atoms with Crippen LogP contribution >= 0.6 is 0 Å². The van der Waals surface area contributed by atoms with Crippen LogP contribution in [0.15, 0.2) is 30.3 Å². The van der Waals surface area contributed by atoms with Gasteiger partial charge in [0.1, 0.15) is 6.23 Å². The number of para-hydroxylation sites is 1. The highest BCUT2D eigenvalue weighted by Gasteiger charge is 2.29. The average Bonchev–Trinajstić information content (AvgIpc) is 2.55. The number of nitrogens with one attached hydrogen (secondary N) is 1. The van der Waals surface area contributed by atoms with Crippen LogP contribution in [0.1, 0.15) is 13.3 Å². The summed E-state index contributed by atoms with van der Waals surface area (Å²) in [6, 6.07) is 7.20. The van der Waals surface area contributed by atoms with Crippen molar-refractivity contribution in [2.75, 3.05) is 25.6 Å². The predicted molar refractivity (Wildman–Crippen MR) is 82.3 cm³/mol. The van der Waals surface area contributed by atoms with E-state index in [-0.39, 0.29) is 6.54 Å². The molecule has 119 valence electrons. The lowest BCUT2D eigenvalue weighted by molar-refractivity contribution is 0.00445. The maximum absolute atomic E-state index is 12.6.